The summed E-state index contributed by atoms with van der Waals surface area (Å²) in [4.78, 5) is 34.0. The molecule has 1 aromatic heterocycles. The summed E-state index contributed by atoms with van der Waals surface area (Å²) in [5.74, 6) is -0.444. The molecule has 2 aromatic rings. The first-order valence-electron chi connectivity index (χ1n) is 6.93. The second-order valence-electron chi connectivity index (χ2n) is 4.55. The maximum atomic E-state index is 11.7. The number of carbonyl (C=O) groups is 2. The fourth-order valence-corrected chi connectivity index (χ4v) is 1.68. The number of benzene rings is 1. The monoisotopic (exact) mass is 316 g/mol. The highest BCUT2D eigenvalue weighted by atomic mass is 16.5. The van der Waals surface area contributed by atoms with Gasteiger partial charge in [-0.15, -0.1) is 0 Å². The number of aromatic amines is 1. The molecular formula is C15H16N4O4. The Morgan fingerprint density at radius 2 is 1.78 bits per heavy atom. The van der Waals surface area contributed by atoms with Crippen LogP contribution >= 0.6 is 0 Å². The molecule has 0 atom stereocenters. The Labute approximate surface area is 131 Å². The van der Waals surface area contributed by atoms with Crippen LogP contribution in [0.5, 0.6) is 0 Å². The van der Waals surface area contributed by atoms with Crippen LogP contribution in [0.2, 0.25) is 0 Å². The Kier molecular flexibility index (Phi) is 5.87. The topological polar surface area (TPSA) is 113 Å². The summed E-state index contributed by atoms with van der Waals surface area (Å²) in [7, 11) is 0. The predicted octanol–water partition coefficient (Wildman–Crippen LogP) is 0.426. The molecule has 1 aromatic carbocycles. The Balaban J connectivity index is 1.63. The van der Waals surface area contributed by atoms with Gasteiger partial charge in [-0.1, -0.05) is 30.3 Å². The summed E-state index contributed by atoms with van der Waals surface area (Å²) in [5.41, 5.74) is 0.598. The van der Waals surface area contributed by atoms with Gasteiger partial charge in [0, 0.05) is 19.2 Å². The molecule has 0 aliphatic heterocycles. The minimum absolute atomic E-state index is 0.0938. The Bertz CT molecular complexity index is 694. The van der Waals surface area contributed by atoms with Crippen molar-refractivity contribution >= 4 is 12.0 Å². The van der Waals surface area contributed by atoms with Gasteiger partial charge in [-0.25, -0.2) is 9.89 Å². The quantitative estimate of drug-likeness (QED) is 0.669. The lowest BCUT2D eigenvalue weighted by molar-refractivity contribution is 0.0945. The van der Waals surface area contributed by atoms with E-state index in [1.54, 1.807) is 0 Å². The summed E-state index contributed by atoms with van der Waals surface area (Å²) < 4.78 is 5.02. The van der Waals surface area contributed by atoms with E-state index in [0.29, 0.717) is 0 Å². The molecule has 0 aliphatic rings. The molecular weight excluding hydrogens is 300 g/mol. The number of aromatic nitrogens is 2. The molecule has 23 heavy (non-hydrogen) atoms. The number of rotatable bonds is 6. The van der Waals surface area contributed by atoms with Crippen molar-refractivity contribution < 1.29 is 14.3 Å². The molecule has 1 heterocycles. The molecule has 0 saturated heterocycles. The summed E-state index contributed by atoms with van der Waals surface area (Å²) in [5, 5.41) is 10.8. The van der Waals surface area contributed by atoms with Crippen molar-refractivity contribution in [1.82, 2.24) is 20.8 Å². The number of alkyl carbamates (subject to hydrolysis) is 1. The number of amides is 2. The molecule has 8 heteroatoms. The molecule has 2 amide bonds. The molecule has 0 saturated carbocycles. The largest absolute Gasteiger partial charge is 0.445 e. The fourth-order valence-electron chi connectivity index (χ4n) is 1.68. The third-order valence-corrected chi connectivity index (χ3v) is 2.80. The Morgan fingerprint density at radius 1 is 1.04 bits per heavy atom. The van der Waals surface area contributed by atoms with Gasteiger partial charge in [-0.05, 0) is 11.6 Å². The third kappa shape index (κ3) is 5.62. The first kappa shape index (κ1) is 16.2. The highest BCUT2D eigenvalue weighted by Crippen LogP contribution is 2.00. The zero-order valence-corrected chi connectivity index (χ0v) is 12.2. The summed E-state index contributed by atoms with van der Waals surface area (Å²) in [6.07, 6.45) is -0.565. The fraction of sp³-hybridized carbons (Fsp3) is 0.200. The van der Waals surface area contributed by atoms with Crippen LogP contribution in [0.4, 0.5) is 4.79 Å². The van der Waals surface area contributed by atoms with Crippen LogP contribution in [0, 0.1) is 0 Å². The smallest absolute Gasteiger partial charge is 0.407 e. The van der Waals surface area contributed by atoms with Crippen molar-refractivity contribution in [2.75, 3.05) is 13.1 Å². The Morgan fingerprint density at radius 3 is 2.48 bits per heavy atom. The molecule has 0 aliphatic carbocycles. The van der Waals surface area contributed by atoms with Gasteiger partial charge in [0.25, 0.3) is 11.5 Å². The highest BCUT2D eigenvalue weighted by molar-refractivity contribution is 5.91. The minimum atomic E-state index is -0.565. The lowest BCUT2D eigenvalue weighted by Crippen LogP contribution is -2.35. The SMILES string of the molecule is O=C(NCCNC(=O)c1ccc(=O)[nH]n1)OCc1ccccc1. The second kappa shape index (κ2) is 8.32. The predicted molar refractivity (Wildman–Crippen MR) is 81.8 cm³/mol. The van der Waals surface area contributed by atoms with Gasteiger partial charge in [-0.3, -0.25) is 9.59 Å². The maximum absolute atomic E-state index is 11.7. The van der Waals surface area contributed by atoms with E-state index in [2.05, 4.69) is 20.8 Å². The summed E-state index contributed by atoms with van der Waals surface area (Å²) >= 11 is 0. The van der Waals surface area contributed by atoms with Gasteiger partial charge in [0.15, 0.2) is 0 Å². The minimum Gasteiger partial charge on any atom is -0.445 e. The Hall–Kier alpha value is -3.16. The number of H-pyrrole nitrogens is 1. The van der Waals surface area contributed by atoms with Crippen LogP contribution in [0.3, 0.4) is 0 Å². The van der Waals surface area contributed by atoms with Gasteiger partial charge < -0.3 is 15.4 Å². The maximum Gasteiger partial charge on any atom is 0.407 e. The van der Waals surface area contributed by atoms with Crippen LogP contribution in [-0.2, 0) is 11.3 Å². The molecule has 8 nitrogen and oxygen atoms in total. The van der Waals surface area contributed by atoms with Crippen LogP contribution in [0.1, 0.15) is 16.1 Å². The van der Waals surface area contributed by atoms with E-state index in [1.807, 2.05) is 30.3 Å². The zero-order chi connectivity index (χ0) is 16.5. The number of hydrogen-bond acceptors (Lipinski definition) is 5. The van der Waals surface area contributed by atoms with Crippen molar-refractivity contribution in [2.45, 2.75) is 6.61 Å². The van der Waals surface area contributed by atoms with E-state index in [-0.39, 0.29) is 30.9 Å². The number of nitrogens with one attached hydrogen (secondary N) is 3. The van der Waals surface area contributed by atoms with Gasteiger partial charge >= 0.3 is 6.09 Å². The molecule has 0 fully saturated rings. The first-order valence-corrected chi connectivity index (χ1v) is 6.93. The number of hydrogen-bond donors (Lipinski definition) is 3. The van der Waals surface area contributed by atoms with Crippen molar-refractivity contribution in [3.63, 3.8) is 0 Å². The van der Waals surface area contributed by atoms with E-state index in [0.717, 1.165) is 5.56 Å². The van der Waals surface area contributed by atoms with Crippen LogP contribution < -0.4 is 16.2 Å². The van der Waals surface area contributed by atoms with Gasteiger partial charge in [0.1, 0.15) is 12.3 Å². The molecule has 2 rings (SSSR count). The lowest BCUT2D eigenvalue weighted by Gasteiger charge is -2.08. The van der Waals surface area contributed by atoms with E-state index >= 15 is 0 Å². The van der Waals surface area contributed by atoms with Gasteiger partial charge in [-0.2, -0.15) is 5.10 Å². The van der Waals surface area contributed by atoms with Crippen molar-refractivity contribution in [3.8, 4) is 0 Å². The summed E-state index contributed by atoms with van der Waals surface area (Å²) in [6.45, 7) is 0.600. The molecule has 0 bridgehead atoms. The number of carbonyl (C=O) groups excluding carboxylic acids is 2. The molecule has 3 N–H and O–H groups in total. The van der Waals surface area contributed by atoms with Crippen molar-refractivity contribution in [1.29, 1.82) is 0 Å². The van der Waals surface area contributed by atoms with Crippen LogP contribution in [0.15, 0.2) is 47.3 Å². The van der Waals surface area contributed by atoms with E-state index in [4.69, 9.17) is 4.74 Å². The average Bonchev–Trinajstić information content (AvgIpc) is 2.58. The standard InChI is InChI=1S/C15H16N4O4/c20-13-7-6-12(18-19-13)14(21)16-8-9-17-15(22)23-10-11-4-2-1-3-5-11/h1-7H,8-10H2,(H,16,21)(H,17,22)(H,19,20). The molecule has 0 spiro atoms. The number of ether oxygens (including phenoxy) is 1. The second-order valence-corrected chi connectivity index (χ2v) is 4.55. The molecule has 0 unspecified atom stereocenters. The molecule has 120 valence electrons. The lowest BCUT2D eigenvalue weighted by atomic mass is 10.2. The molecule has 0 radical (unpaired) electrons. The summed E-state index contributed by atoms with van der Waals surface area (Å²) in [6, 6.07) is 11.8. The van der Waals surface area contributed by atoms with Crippen molar-refractivity contribution in [2.24, 2.45) is 0 Å². The highest BCUT2D eigenvalue weighted by Gasteiger charge is 2.07. The third-order valence-electron chi connectivity index (χ3n) is 2.80. The van der Waals surface area contributed by atoms with Crippen LogP contribution in [-0.4, -0.2) is 35.3 Å². The van der Waals surface area contributed by atoms with Gasteiger partial charge in [0.05, 0.1) is 0 Å². The number of nitrogens with zero attached hydrogens (tertiary/aromatic N) is 1. The van der Waals surface area contributed by atoms with Gasteiger partial charge in [0.2, 0.25) is 0 Å². The normalized spacial score (nSPS) is 9.91. The first-order chi connectivity index (χ1) is 11.1. The van der Waals surface area contributed by atoms with Crippen molar-refractivity contribution in [3.05, 3.63) is 64.1 Å². The van der Waals surface area contributed by atoms with E-state index in [1.165, 1.54) is 12.1 Å². The van der Waals surface area contributed by atoms with E-state index in [9.17, 15) is 14.4 Å². The van der Waals surface area contributed by atoms with E-state index < -0.39 is 12.0 Å². The zero-order valence-electron chi connectivity index (χ0n) is 12.2. The van der Waals surface area contributed by atoms with Crippen LogP contribution in [0.25, 0.3) is 0 Å². The average molecular weight is 316 g/mol.